The second-order valence-corrected chi connectivity index (χ2v) is 9.53. The van der Waals surface area contributed by atoms with Crippen LogP contribution in [0.2, 0.25) is 0 Å². The second kappa shape index (κ2) is 9.45. The highest BCUT2D eigenvalue weighted by Crippen LogP contribution is 2.42. The predicted molar refractivity (Wildman–Crippen MR) is 118 cm³/mol. The second-order valence-electron chi connectivity index (χ2n) is 9.53. The van der Waals surface area contributed by atoms with Gasteiger partial charge in [0.25, 0.3) is 0 Å². The Balaban J connectivity index is 1.44. The number of aromatic nitrogens is 2. The van der Waals surface area contributed by atoms with E-state index in [1.807, 2.05) is 42.7 Å². The van der Waals surface area contributed by atoms with Gasteiger partial charge in [-0.1, -0.05) is 43.2 Å². The first-order valence-electron chi connectivity index (χ1n) is 11.6. The summed E-state index contributed by atoms with van der Waals surface area (Å²) in [5.41, 5.74) is 0.227. The van der Waals surface area contributed by atoms with Crippen LogP contribution in [-0.4, -0.2) is 58.3 Å². The molecule has 1 aliphatic heterocycles. The van der Waals surface area contributed by atoms with E-state index in [1.165, 1.54) is 0 Å². The van der Waals surface area contributed by atoms with Crippen molar-refractivity contribution in [2.45, 2.75) is 56.7 Å². The van der Waals surface area contributed by atoms with Gasteiger partial charge in [-0.25, -0.2) is 14.8 Å². The molecule has 1 saturated carbocycles. The summed E-state index contributed by atoms with van der Waals surface area (Å²) in [6, 6.07) is 9.37. The Kier molecular flexibility index (Phi) is 6.68. The molecule has 0 bridgehead atoms. The van der Waals surface area contributed by atoms with Crippen molar-refractivity contribution in [2.75, 3.05) is 26.7 Å². The van der Waals surface area contributed by atoms with Gasteiger partial charge in [0.15, 0.2) is 11.7 Å². The van der Waals surface area contributed by atoms with Crippen LogP contribution in [0, 0.1) is 5.92 Å². The maximum absolute atomic E-state index is 13.4. The van der Waals surface area contributed by atoms with Crippen molar-refractivity contribution < 1.29 is 19.1 Å². The van der Waals surface area contributed by atoms with E-state index in [4.69, 9.17) is 4.74 Å². The molecule has 1 N–H and O–H groups in total. The van der Waals surface area contributed by atoms with Crippen LogP contribution in [0.15, 0.2) is 49.1 Å². The van der Waals surface area contributed by atoms with E-state index in [2.05, 4.69) is 17.0 Å². The fraction of sp³-hybridized carbons (Fsp3) is 0.560. The van der Waals surface area contributed by atoms with Crippen LogP contribution < -0.4 is 0 Å². The summed E-state index contributed by atoms with van der Waals surface area (Å²) in [7, 11) is 2.23. The van der Waals surface area contributed by atoms with Crippen molar-refractivity contribution in [3.63, 3.8) is 0 Å². The molecule has 2 fully saturated rings. The number of piperidine rings is 1. The van der Waals surface area contributed by atoms with Crippen LogP contribution in [0.4, 0.5) is 0 Å². The Hall–Kier alpha value is -2.31. The summed E-state index contributed by atoms with van der Waals surface area (Å²) in [6.45, 7) is 2.79. The molecule has 6 heteroatoms. The van der Waals surface area contributed by atoms with Crippen molar-refractivity contribution in [3.05, 3.63) is 60.2 Å². The third-order valence-corrected chi connectivity index (χ3v) is 7.17. The SMILES string of the molecule is C[N+]1(CCc2cncnc2)CCCC(OC(=O)C(O)(c2ccccc2)C2CCCC2)C1. The van der Waals surface area contributed by atoms with Gasteiger partial charge in [0, 0.05) is 31.2 Å². The van der Waals surface area contributed by atoms with Crippen LogP contribution in [-0.2, 0) is 21.6 Å². The number of carbonyl (C=O) groups excluding carboxylic acids is 1. The Labute approximate surface area is 184 Å². The van der Waals surface area contributed by atoms with Gasteiger partial charge in [-0.05, 0) is 30.4 Å². The number of nitrogens with zero attached hydrogens (tertiary/aromatic N) is 3. The molecule has 0 amide bonds. The molecule has 3 unspecified atom stereocenters. The fourth-order valence-corrected chi connectivity index (χ4v) is 5.33. The lowest BCUT2D eigenvalue weighted by atomic mass is 9.80. The van der Waals surface area contributed by atoms with Crippen LogP contribution >= 0.6 is 0 Å². The number of likely N-dealkylation sites (tertiary alicyclic amines) is 1. The molecule has 1 aromatic carbocycles. The summed E-state index contributed by atoms with van der Waals surface area (Å²) >= 11 is 0. The number of likely N-dealkylation sites (N-methyl/N-ethyl adjacent to an activating group) is 1. The van der Waals surface area contributed by atoms with E-state index < -0.39 is 11.6 Å². The minimum Gasteiger partial charge on any atom is -0.454 e. The molecule has 4 rings (SSSR count). The van der Waals surface area contributed by atoms with E-state index in [0.717, 1.165) is 74.6 Å². The zero-order valence-electron chi connectivity index (χ0n) is 18.4. The lowest BCUT2D eigenvalue weighted by Crippen LogP contribution is -2.56. The molecule has 166 valence electrons. The molecule has 6 nitrogen and oxygen atoms in total. The van der Waals surface area contributed by atoms with Crippen LogP contribution in [0.3, 0.4) is 0 Å². The number of hydrogen-bond acceptors (Lipinski definition) is 5. The zero-order chi connectivity index (χ0) is 21.7. The molecule has 0 spiro atoms. The molecule has 1 aromatic heterocycles. The van der Waals surface area contributed by atoms with Gasteiger partial charge >= 0.3 is 5.97 Å². The molecule has 0 radical (unpaired) electrons. The van der Waals surface area contributed by atoms with Gasteiger partial charge < -0.3 is 14.3 Å². The standard InChI is InChI=1S/C25H34N3O3/c1-28(15-13-20-16-26-19-27-17-20)14-7-12-23(18-28)31-24(29)25(30,22-10-5-6-11-22)21-8-3-2-4-9-21/h2-4,8-9,16-17,19,22-23,30H,5-7,10-15,18H2,1H3/q+1. The number of benzene rings is 1. The van der Waals surface area contributed by atoms with Gasteiger partial charge in [-0.15, -0.1) is 0 Å². The largest absolute Gasteiger partial charge is 0.454 e. The Morgan fingerprint density at radius 1 is 1.13 bits per heavy atom. The number of carbonyl (C=O) groups is 1. The van der Waals surface area contributed by atoms with E-state index >= 15 is 0 Å². The third kappa shape index (κ3) is 4.96. The predicted octanol–water partition coefficient (Wildman–Crippen LogP) is 3.25. The van der Waals surface area contributed by atoms with Crippen LogP contribution in [0.1, 0.15) is 49.7 Å². The highest BCUT2D eigenvalue weighted by atomic mass is 16.6. The van der Waals surface area contributed by atoms with Crippen LogP contribution in [0.25, 0.3) is 0 Å². The maximum atomic E-state index is 13.4. The van der Waals surface area contributed by atoms with Gasteiger partial charge in [-0.3, -0.25) is 0 Å². The Bertz CT molecular complexity index is 857. The summed E-state index contributed by atoms with van der Waals surface area (Å²) in [5, 5.41) is 11.7. The molecule has 3 atom stereocenters. The van der Waals surface area contributed by atoms with Gasteiger partial charge in [0.1, 0.15) is 12.9 Å². The van der Waals surface area contributed by atoms with Crippen molar-refractivity contribution in [3.8, 4) is 0 Å². The summed E-state index contributed by atoms with van der Waals surface area (Å²) in [4.78, 5) is 21.6. The molecule has 2 aliphatic rings. The fourth-order valence-electron chi connectivity index (χ4n) is 5.33. The lowest BCUT2D eigenvalue weighted by Gasteiger charge is -2.42. The molecular weight excluding hydrogens is 390 g/mol. The van der Waals surface area contributed by atoms with E-state index in [9.17, 15) is 9.90 Å². The normalized spacial score (nSPS) is 26.3. The summed E-state index contributed by atoms with van der Waals surface area (Å²) in [5.74, 6) is -0.551. The topological polar surface area (TPSA) is 72.3 Å². The van der Waals surface area contributed by atoms with E-state index in [0.29, 0.717) is 5.56 Å². The summed E-state index contributed by atoms with van der Waals surface area (Å²) in [6.07, 6.45) is 11.7. The maximum Gasteiger partial charge on any atom is 0.343 e. The highest BCUT2D eigenvalue weighted by Gasteiger charge is 2.49. The average Bonchev–Trinajstić information content (AvgIpc) is 3.34. The average molecular weight is 425 g/mol. The monoisotopic (exact) mass is 424 g/mol. The minimum absolute atomic E-state index is 0.0788. The summed E-state index contributed by atoms with van der Waals surface area (Å²) < 4.78 is 6.89. The van der Waals surface area contributed by atoms with E-state index in [1.54, 1.807) is 6.33 Å². The highest BCUT2D eigenvalue weighted by molar-refractivity contribution is 5.81. The van der Waals surface area contributed by atoms with Gasteiger partial charge in [-0.2, -0.15) is 0 Å². The lowest BCUT2D eigenvalue weighted by molar-refractivity contribution is -0.916. The molecule has 1 saturated heterocycles. The zero-order valence-corrected chi connectivity index (χ0v) is 18.4. The number of hydrogen-bond donors (Lipinski definition) is 1. The minimum atomic E-state index is -1.56. The van der Waals surface area contributed by atoms with Gasteiger partial charge in [0.2, 0.25) is 0 Å². The Morgan fingerprint density at radius 2 is 1.84 bits per heavy atom. The quantitative estimate of drug-likeness (QED) is 0.546. The van der Waals surface area contributed by atoms with Crippen molar-refractivity contribution >= 4 is 5.97 Å². The van der Waals surface area contributed by atoms with E-state index in [-0.39, 0.29) is 12.0 Å². The molecule has 1 aliphatic carbocycles. The number of ether oxygens (including phenoxy) is 1. The molecule has 31 heavy (non-hydrogen) atoms. The number of rotatable bonds is 7. The van der Waals surface area contributed by atoms with Crippen molar-refractivity contribution in [2.24, 2.45) is 5.92 Å². The first-order chi connectivity index (χ1) is 15.0. The number of aliphatic hydroxyl groups is 1. The van der Waals surface area contributed by atoms with Crippen LogP contribution in [0.5, 0.6) is 0 Å². The molecular formula is C25H34N3O3+. The first kappa shape index (κ1) is 21.9. The molecule has 2 aromatic rings. The smallest absolute Gasteiger partial charge is 0.343 e. The number of esters is 1. The Morgan fingerprint density at radius 3 is 2.55 bits per heavy atom. The molecule has 2 heterocycles. The third-order valence-electron chi connectivity index (χ3n) is 7.17. The van der Waals surface area contributed by atoms with Crippen molar-refractivity contribution in [1.29, 1.82) is 0 Å². The first-order valence-corrected chi connectivity index (χ1v) is 11.6. The number of quaternary nitrogens is 1. The van der Waals surface area contributed by atoms with Crippen molar-refractivity contribution in [1.82, 2.24) is 9.97 Å². The van der Waals surface area contributed by atoms with Gasteiger partial charge in [0.05, 0.1) is 20.1 Å².